The van der Waals surface area contributed by atoms with Gasteiger partial charge in [0.15, 0.2) is 0 Å². The molecule has 4 aliphatic rings. The molecule has 0 aromatic heterocycles. The summed E-state index contributed by atoms with van der Waals surface area (Å²) in [6, 6.07) is 8.00. The molecule has 4 heterocycles. The molecule has 4 aliphatic heterocycles. The van der Waals surface area contributed by atoms with Crippen molar-refractivity contribution in [1.29, 1.82) is 0 Å². The number of hydrogen-bond donors (Lipinski definition) is 1. The van der Waals surface area contributed by atoms with Gasteiger partial charge in [-0.2, -0.15) is 0 Å². The highest BCUT2D eigenvalue weighted by Crippen LogP contribution is 2.54. The van der Waals surface area contributed by atoms with E-state index in [1.807, 2.05) is 75.4 Å². The maximum atomic E-state index is 14.3. The third kappa shape index (κ3) is 3.69. The van der Waals surface area contributed by atoms with Gasteiger partial charge in [-0.3, -0.25) is 14.4 Å². The number of hydrogen-bond acceptors (Lipinski definition) is 5. The Hall–Kier alpha value is -2.97. The van der Waals surface area contributed by atoms with Gasteiger partial charge >= 0.3 is 0 Å². The van der Waals surface area contributed by atoms with Crippen LogP contribution in [0.15, 0.2) is 54.6 Å². The van der Waals surface area contributed by atoms with Crippen molar-refractivity contribution in [2.45, 2.75) is 56.5 Å². The maximum Gasteiger partial charge on any atom is 0.249 e. The van der Waals surface area contributed by atoms with Crippen LogP contribution in [0.3, 0.4) is 0 Å². The number of fused-ring (bicyclic) bond motifs is 2. The van der Waals surface area contributed by atoms with E-state index in [0.29, 0.717) is 19.5 Å². The monoisotopic (exact) mass is 493 g/mol. The molecule has 2 saturated heterocycles. The van der Waals surface area contributed by atoms with Crippen LogP contribution in [0, 0.1) is 11.8 Å². The molecule has 1 N–H and O–H groups in total. The first-order chi connectivity index (χ1) is 17.1. The number of likely N-dealkylation sites (tertiary alicyclic amines) is 1. The zero-order chi connectivity index (χ0) is 25.8. The van der Waals surface area contributed by atoms with E-state index in [4.69, 9.17) is 4.74 Å². The minimum atomic E-state index is -1.29. The topological polar surface area (TPSA) is 90.4 Å². The Labute approximate surface area is 212 Å². The summed E-state index contributed by atoms with van der Waals surface area (Å²) in [6.07, 6.45) is 7.26. The molecule has 3 amide bonds. The Morgan fingerprint density at radius 1 is 1.06 bits per heavy atom. The molecule has 36 heavy (non-hydrogen) atoms. The number of benzene rings is 1. The lowest BCUT2D eigenvalue weighted by Crippen LogP contribution is -2.61. The minimum Gasteiger partial charge on any atom is -0.394 e. The minimum absolute atomic E-state index is 0.165. The van der Waals surface area contributed by atoms with Crippen LogP contribution in [-0.2, 0) is 25.5 Å². The molecule has 6 atom stereocenters. The number of rotatable bonds is 4. The van der Waals surface area contributed by atoms with Gasteiger partial charge in [-0.15, -0.1) is 0 Å². The molecule has 192 valence electrons. The van der Waals surface area contributed by atoms with Crippen LogP contribution in [0.25, 0.3) is 0 Å². The van der Waals surface area contributed by atoms with Crippen LogP contribution >= 0.6 is 0 Å². The lowest BCUT2D eigenvalue weighted by molar-refractivity contribution is -0.153. The van der Waals surface area contributed by atoms with Crippen LogP contribution < -0.4 is 0 Å². The van der Waals surface area contributed by atoms with E-state index < -0.39 is 41.2 Å². The summed E-state index contributed by atoms with van der Waals surface area (Å²) in [5, 5.41) is 10.5. The third-order valence-corrected chi connectivity index (χ3v) is 8.03. The van der Waals surface area contributed by atoms with Gasteiger partial charge in [-0.1, -0.05) is 54.6 Å². The lowest BCUT2D eigenvalue weighted by atomic mass is 9.77. The molecule has 0 radical (unpaired) electrons. The van der Waals surface area contributed by atoms with Gasteiger partial charge < -0.3 is 24.5 Å². The van der Waals surface area contributed by atoms with Gasteiger partial charge in [-0.25, -0.2) is 0 Å². The Bertz CT molecular complexity index is 1110. The molecular formula is C28H35N3O5. The summed E-state index contributed by atoms with van der Waals surface area (Å²) in [4.78, 5) is 47.0. The van der Waals surface area contributed by atoms with Crippen molar-refractivity contribution in [2.75, 3.05) is 26.7 Å². The standard InChI is InChI=1S/C28H35N3O5/c1-27(2,3)30-15-9-13-28-22(21-20(36-28)12-8-14-29(4)24(21)33)25(34)31(23(28)26(30)35)19(17-32)16-18-10-6-5-7-11-18/h5-13,19-23,32H,14-17H2,1-4H3/t19-,20-,21+,22+,23?,28+/m1/s1. The number of carbonyl (C=O) groups is 3. The first-order valence-corrected chi connectivity index (χ1v) is 12.7. The molecule has 8 heteroatoms. The molecule has 1 aromatic rings. The molecule has 0 saturated carbocycles. The van der Waals surface area contributed by atoms with Crippen molar-refractivity contribution in [3.05, 3.63) is 60.2 Å². The average Bonchev–Trinajstić information content (AvgIpc) is 3.16. The zero-order valence-electron chi connectivity index (χ0n) is 21.3. The number of aliphatic hydroxyl groups excluding tert-OH is 1. The SMILES string of the molecule is CN1CC=C[C@H]2O[C@]34C=CCN(C(C)(C)C)C(=O)C3N([C@@H](CO)Cc3ccccc3)C(=O)[C@@H]4[C@H]2C1=O. The molecule has 0 aliphatic carbocycles. The van der Waals surface area contributed by atoms with Crippen molar-refractivity contribution < 1.29 is 24.2 Å². The van der Waals surface area contributed by atoms with E-state index in [0.717, 1.165) is 5.56 Å². The number of likely N-dealkylation sites (N-methyl/N-ethyl adjacent to an activating group) is 1. The average molecular weight is 494 g/mol. The number of amides is 3. The predicted molar refractivity (Wildman–Crippen MR) is 134 cm³/mol. The smallest absolute Gasteiger partial charge is 0.249 e. The van der Waals surface area contributed by atoms with Gasteiger partial charge in [0.25, 0.3) is 0 Å². The van der Waals surface area contributed by atoms with E-state index >= 15 is 0 Å². The highest BCUT2D eigenvalue weighted by Gasteiger charge is 2.72. The Balaban J connectivity index is 1.64. The molecule has 1 unspecified atom stereocenters. The summed E-state index contributed by atoms with van der Waals surface area (Å²) in [5.74, 6) is -2.29. The Kier molecular flexibility index (Phi) is 6.08. The van der Waals surface area contributed by atoms with E-state index in [9.17, 15) is 19.5 Å². The third-order valence-electron chi connectivity index (χ3n) is 8.03. The summed E-state index contributed by atoms with van der Waals surface area (Å²) in [7, 11) is 1.72. The Morgan fingerprint density at radius 2 is 1.78 bits per heavy atom. The summed E-state index contributed by atoms with van der Waals surface area (Å²) in [5.41, 5.74) is -0.829. The quantitative estimate of drug-likeness (QED) is 0.641. The molecular weight excluding hydrogens is 458 g/mol. The van der Waals surface area contributed by atoms with Gasteiger partial charge in [0.1, 0.15) is 11.6 Å². The molecule has 1 aromatic carbocycles. The molecule has 1 spiro atoms. The second-order valence-corrected chi connectivity index (χ2v) is 11.3. The number of aliphatic hydroxyl groups is 1. The van der Waals surface area contributed by atoms with Gasteiger partial charge in [-0.05, 0) is 32.8 Å². The molecule has 0 bridgehead atoms. The highest BCUT2D eigenvalue weighted by molar-refractivity contribution is 6.00. The van der Waals surface area contributed by atoms with Gasteiger partial charge in [0.05, 0.1) is 30.6 Å². The van der Waals surface area contributed by atoms with Crippen LogP contribution in [-0.4, -0.2) is 93.6 Å². The fourth-order valence-corrected chi connectivity index (χ4v) is 6.34. The number of nitrogens with zero attached hydrogens (tertiary/aromatic N) is 3. The van der Waals surface area contributed by atoms with Crippen LogP contribution in [0.2, 0.25) is 0 Å². The zero-order valence-corrected chi connectivity index (χ0v) is 21.3. The van der Waals surface area contributed by atoms with E-state index in [2.05, 4.69) is 0 Å². The summed E-state index contributed by atoms with van der Waals surface area (Å²) in [6.45, 7) is 6.39. The molecule has 2 fully saturated rings. The second kappa shape index (κ2) is 8.85. The molecule has 5 rings (SSSR count). The van der Waals surface area contributed by atoms with E-state index in [1.54, 1.807) is 16.8 Å². The van der Waals surface area contributed by atoms with Gasteiger partial charge in [0.2, 0.25) is 17.7 Å². The van der Waals surface area contributed by atoms with Crippen molar-refractivity contribution in [1.82, 2.24) is 14.7 Å². The fourth-order valence-electron chi connectivity index (χ4n) is 6.34. The van der Waals surface area contributed by atoms with Crippen LogP contribution in [0.1, 0.15) is 26.3 Å². The largest absolute Gasteiger partial charge is 0.394 e. The maximum absolute atomic E-state index is 14.3. The number of ether oxygens (including phenoxy) is 1. The lowest BCUT2D eigenvalue weighted by Gasteiger charge is -2.42. The Morgan fingerprint density at radius 3 is 2.44 bits per heavy atom. The van der Waals surface area contributed by atoms with E-state index in [-0.39, 0.29) is 24.3 Å². The van der Waals surface area contributed by atoms with Crippen LogP contribution in [0.4, 0.5) is 0 Å². The number of carbonyl (C=O) groups excluding carboxylic acids is 3. The normalized spacial score (nSPS) is 32.8. The van der Waals surface area contributed by atoms with Crippen LogP contribution in [0.5, 0.6) is 0 Å². The second-order valence-electron chi connectivity index (χ2n) is 11.3. The summed E-state index contributed by atoms with van der Waals surface area (Å²) < 4.78 is 6.62. The fraction of sp³-hybridized carbons (Fsp3) is 0.536. The van der Waals surface area contributed by atoms with Crippen molar-refractivity contribution in [2.24, 2.45) is 11.8 Å². The van der Waals surface area contributed by atoms with Crippen molar-refractivity contribution in [3.63, 3.8) is 0 Å². The van der Waals surface area contributed by atoms with Gasteiger partial charge in [0, 0.05) is 25.7 Å². The summed E-state index contributed by atoms with van der Waals surface area (Å²) >= 11 is 0. The predicted octanol–water partition coefficient (Wildman–Crippen LogP) is 1.40. The first kappa shape index (κ1) is 24.7. The molecule has 8 nitrogen and oxygen atoms in total. The van der Waals surface area contributed by atoms with Crippen molar-refractivity contribution >= 4 is 17.7 Å². The van der Waals surface area contributed by atoms with Crippen molar-refractivity contribution in [3.8, 4) is 0 Å². The highest BCUT2D eigenvalue weighted by atomic mass is 16.5. The van der Waals surface area contributed by atoms with E-state index in [1.165, 1.54) is 4.90 Å². The first-order valence-electron chi connectivity index (χ1n) is 12.7.